The molecule has 2 N–H and O–H groups in total. The van der Waals surface area contributed by atoms with Gasteiger partial charge in [-0.1, -0.05) is 44.2 Å². The zero-order valence-electron chi connectivity index (χ0n) is 11.2. The van der Waals surface area contributed by atoms with Crippen LogP contribution in [0.3, 0.4) is 0 Å². The fourth-order valence-corrected chi connectivity index (χ4v) is 2.56. The second-order valence-corrected chi connectivity index (χ2v) is 5.49. The van der Waals surface area contributed by atoms with Gasteiger partial charge < -0.3 is 10.6 Å². The van der Waals surface area contributed by atoms with Crippen LogP contribution >= 0.6 is 0 Å². The number of nitrogens with two attached hydrogens (primary N) is 1. The fraction of sp³-hybridized carbons (Fsp3) is 0.533. The summed E-state index contributed by atoms with van der Waals surface area (Å²) in [6.07, 6.45) is 1.50. The molecule has 0 radical (unpaired) electrons. The zero-order valence-corrected chi connectivity index (χ0v) is 11.2. The van der Waals surface area contributed by atoms with E-state index in [9.17, 15) is 4.79 Å². The topological polar surface area (TPSA) is 46.3 Å². The first-order valence-electron chi connectivity index (χ1n) is 6.69. The molecule has 1 saturated heterocycles. The molecular formula is C15H22N2O. The lowest BCUT2D eigenvalue weighted by Gasteiger charge is -2.28. The summed E-state index contributed by atoms with van der Waals surface area (Å²) in [4.78, 5) is 14.0. The fourth-order valence-electron chi connectivity index (χ4n) is 2.56. The number of carbonyl (C=O) groups excluding carboxylic acids is 1. The van der Waals surface area contributed by atoms with E-state index in [1.165, 1.54) is 0 Å². The van der Waals surface area contributed by atoms with Crippen LogP contribution in [-0.4, -0.2) is 23.4 Å². The molecule has 0 aromatic heterocycles. The predicted octanol–water partition coefficient (Wildman–Crippen LogP) is 2.33. The molecule has 18 heavy (non-hydrogen) atoms. The van der Waals surface area contributed by atoms with Crippen molar-refractivity contribution in [3.05, 3.63) is 35.9 Å². The highest BCUT2D eigenvalue weighted by Gasteiger charge is 2.37. The first-order valence-corrected chi connectivity index (χ1v) is 6.69. The Balaban J connectivity index is 2.17. The van der Waals surface area contributed by atoms with E-state index in [1.807, 2.05) is 23.1 Å². The van der Waals surface area contributed by atoms with Crippen molar-refractivity contribution in [1.82, 2.24) is 4.90 Å². The summed E-state index contributed by atoms with van der Waals surface area (Å²) >= 11 is 0. The van der Waals surface area contributed by atoms with Gasteiger partial charge >= 0.3 is 0 Å². The molecule has 3 heteroatoms. The first-order chi connectivity index (χ1) is 8.59. The summed E-state index contributed by atoms with van der Waals surface area (Å²) in [6, 6.07) is 10.1. The number of carbonyl (C=O) groups is 1. The lowest BCUT2D eigenvalue weighted by Crippen LogP contribution is -2.34. The minimum Gasteiger partial charge on any atom is -0.334 e. The van der Waals surface area contributed by atoms with Crippen LogP contribution in [0.5, 0.6) is 0 Å². The standard InChI is InChI=1S/C15H22N2O/c1-11(2)8-9-17-14(18)10-13(16)15(17)12-6-4-3-5-7-12/h3-7,11,13,15H,8-10,16H2,1-2H3. The maximum atomic E-state index is 12.0. The van der Waals surface area contributed by atoms with Crippen molar-refractivity contribution in [2.75, 3.05) is 6.54 Å². The van der Waals surface area contributed by atoms with Gasteiger partial charge in [0.2, 0.25) is 5.91 Å². The quantitative estimate of drug-likeness (QED) is 0.886. The minimum absolute atomic E-state index is 0.0532. The second-order valence-electron chi connectivity index (χ2n) is 5.49. The normalized spacial score (nSPS) is 24.0. The lowest BCUT2D eigenvalue weighted by molar-refractivity contribution is -0.129. The molecule has 1 aromatic rings. The third-order valence-electron chi connectivity index (χ3n) is 3.56. The molecule has 3 nitrogen and oxygen atoms in total. The first kappa shape index (κ1) is 13.1. The van der Waals surface area contributed by atoms with Gasteiger partial charge in [0.15, 0.2) is 0 Å². The molecule has 0 spiro atoms. The number of nitrogens with zero attached hydrogens (tertiary/aromatic N) is 1. The number of hydrogen-bond acceptors (Lipinski definition) is 2. The minimum atomic E-state index is -0.0768. The van der Waals surface area contributed by atoms with E-state index in [1.54, 1.807) is 0 Å². The van der Waals surface area contributed by atoms with E-state index in [2.05, 4.69) is 26.0 Å². The Bertz CT molecular complexity index is 402. The Labute approximate surface area is 109 Å². The summed E-state index contributed by atoms with van der Waals surface area (Å²) < 4.78 is 0. The van der Waals surface area contributed by atoms with Crippen molar-refractivity contribution in [1.29, 1.82) is 0 Å². The average Bonchev–Trinajstić information content (AvgIpc) is 2.62. The SMILES string of the molecule is CC(C)CCN1C(=O)CC(N)C1c1ccccc1. The molecule has 2 rings (SSSR count). The summed E-state index contributed by atoms with van der Waals surface area (Å²) in [5, 5.41) is 0. The van der Waals surface area contributed by atoms with E-state index in [0.717, 1.165) is 18.5 Å². The highest BCUT2D eigenvalue weighted by molar-refractivity contribution is 5.80. The smallest absolute Gasteiger partial charge is 0.224 e. The lowest BCUT2D eigenvalue weighted by atomic mass is 10.0. The Morgan fingerprint density at radius 2 is 2.00 bits per heavy atom. The summed E-state index contributed by atoms with van der Waals surface area (Å²) in [6.45, 7) is 5.17. The molecule has 1 heterocycles. The van der Waals surface area contributed by atoms with Gasteiger partial charge in [-0.3, -0.25) is 4.79 Å². The van der Waals surface area contributed by atoms with Crippen LogP contribution in [-0.2, 0) is 4.79 Å². The van der Waals surface area contributed by atoms with Crippen LogP contribution in [0.1, 0.15) is 38.3 Å². The molecule has 1 fully saturated rings. The van der Waals surface area contributed by atoms with Gasteiger partial charge in [0.05, 0.1) is 6.04 Å². The highest BCUT2D eigenvalue weighted by atomic mass is 16.2. The predicted molar refractivity (Wildman–Crippen MR) is 72.9 cm³/mol. The summed E-state index contributed by atoms with van der Waals surface area (Å²) in [7, 11) is 0. The van der Waals surface area contributed by atoms with Crippen LogP contribution in [0, 0.1) is 5.92 Å². The molecule has 0 aliphatic carbocycles. The molecule has 0 saturated carbocycles. The van der Waals surface area contributed by atoms with Crippen molar-refractivity contribution >= 4 is 5.91 Å². The maximum Gasteiger partial charge on any atom is 0.224 e. The molecule has 1 amide bonds. The van der Waals surface area contributed by atoms with E-state index in [0.29, 0.717) is 12.3 Å². The van der Waals surface area contributed by atoms with Crippen LogP contribution < -0.4 is 5.73 Å². The van der Waals surface area contributed by atoms with Crippen LogP contribution in [0.15, 0.2) is 30.3 Å². The number of hydrogen-bond donors (Lipinski definition) is 1. The van der Waals surface area contributed by atoms with Crippen LogP contribution in [0.2, 0.25) is 0 Å². The van der Waals surface area contributed by atoms with Crippen molar-refractivity contribution in [2.45, 2.75) is 38.8 Å². The highest BCUT2D eigenvalue weighted by Crippen LogP contribution is 2.32. The number of amides is 1. The molecule has 1 aromatic carbocycles. The average molecular weight is 246 g/mol. The van der Waals surface area contributed by atoms with Gasteiger partial charge in [0.1, 0.15) is 0 Å². The Hall–Kier alpha value is -1.35. The van der Waals surface area contributed by atoms with Gasteiger partial charge in [-0.2, -0.15) is 0 Å². The summed E-state index contributed by atoms with van der Waals surface area (Å²) in [5.41, 5.74) is 7.29. The Morgan fingerprint density at radius 1 is 1.33 bits per heavy atom. The van der Waals surface area contributed by atoms with Gasteiger partial charge in [-0.15, -0.1) is 0 Å². The summed E-state index contributed by atoms with van der Waals surface area (Å²) in [5.74, 6) is 0.794. The third-order valence-corrected chi connectivity index (χ3v) is 3.56. The Morgan fingerprint density at radius 3 is 2.61 bits per heavy atom. The van der Waals surface area contributed by atoms with Crippen molar-refractivity contribution in [3.63, 3.8) is 0 Å². The van der Waals surface area contributed by atoms with E-state index in [-0.39, 0.29) is 18.0 Å². The molecule has 2 atom stereocenters. The van der Waals surface area contributed by atoms with Crippen LogP contribution in [0.25, 0.3) is 0 Å². The number of rotatable bonds is 4. The van der Waals surface area contributed by atoms with Crippen LogP contribution in [0.4, 0.5) is 0 Å². The Kier molecular flexibility index (Phi) is 4.02. The van der Waals surface area contributed by atoms with Gasteiger partial charge in [-0.05, 0) is 17.9 Å². The van der Waals surface area contributed by atoms with Gasteiger partial charge in [0, 0.05) is 19.0 Å². The van der Waals surface area contributed by atoms with Crippen molar-refractivity contribution < 1.29 is 4.79 Å². The molecule has 0 bridgehead atoms. The van der Waals surface area contributed by atoms with E-state index in [4.69, 9.17) is 5.73 Å². The number of benzene rings is 1. The monoisotopic (exact) mass is 246 g/mol. The van der Waals surface area contributed by atoms with E-state index < -0.39 is 0 Å². The second kappa shape index (κ2) is 5.53. The maximum absolute atomic E-state index is 12.0. The van der Waals surface area contributed by atoms with Crippen molar-refractivity contribution in [3.8, 4) is 0 Å². The molecule has 2 unspecified atom stereocenters. The molecule has 1 aliphatic rings. The zero-order chi connectivity index (χ0) is 13.1. The largest absolute Gasteiger partial charge is 0.334 e. The van der Waals surface area contributed by atoms with Gasteiger partial charge in [0.25, 0.3) is 0 Å². The molecule has 98 valence electrons. The van der Waals surface area contributed by atoms with E-state index >= 15 is 0 Å². The van der Waals surface area contributed by atoms with Gasteiger partial charge in [-0.25, -0.2) is 0 Å². The van der Waals surface area contributed by atoms with Crippen molar-refractivity contribution in [2.24, 2.45) is 11.7 Å². The third kappa shape index (κ3) is 2.72. The molecule has 1 aliphatic heterocycles. The molecular weight excluding hydrogens is 224 g/mol. The number of likely N-dealkylation sites (tertiary alicyclic amines) is 1.